The van der Waals surface area contributed by atoms with Gasteiger partial charge < -0.3 is 20.5 Å². The van der Waals surface area contributed by atoms with Crippen LogP contribution in [0.2, 0.25) is 0 Å². The first-order valence-electron chi connectivity index (χ1n) is 9.56. The Balaban J connectivity index is 1.31. The molecule has 1 aromatic heterocycles. The summed E-state index contributed by atoms with van der Waals surface area (Å²) in [6.07, 6.45) is 1.40. The summed E-state index contributed by atoms with van der Waals surface area (Å²) in [4.78, 5) is 18.7. The van der Waals surface area contributed by atoms with Gasteiger partial charge in [-0.05, 0) is 55.4 Å². The standard InChI is InChI=1S/C20H24FN3O3S/c21-14-1-4-16(5-2-14)27-18-8-13-10-24(9-12(13)7-17(18)25)19(26)6-3-15-11-28-20(22)23-15/h1-2,4-5,11-13,17-18,25H,3,6-10H2,(H2,22,23)/t12-,13+,17+,18+/m0/s1. The number of hydrogen-bond acceptors (Lipinski definition) is 6. The zero-order valence-electron chi connectivity index (χ0n) is 15.5. The Morgan fingerprint density at radius 2 is 2.00 bits per heavy atom. The lowest BCUT2D eigenvalue weighted by Gasteiger charge is -2.35. The molecule has 0 radical (unpaired) electrons. The summed E-state index contributed by atoms with van der Waals surface area (Å²) >= 11 is 1.39. The van der Waals surface area contributed by atoms with Crippen molar-refractivity contribution in [3.63, 3.8) is 0 Å². The van der Waals surface area contributed by atoms with Crippen LogP contribution in [0.5, 0.6) is 5.75 Å². The number of carbonyl (C=O) groups is 1. The molecule has 0 bridgehead atoms. The molecule has 4 rings (SSSR count). The number of thiazole rings is 1. The fourth-order valence-electron chi connectivity index (χ4n) is 4.24. The number of rotatable bonds is 5. The average Bonchev–Trinajstić information content (AvgIpc) is 3.27. The Morgan fingerprint density at radius 1 is 1.29 bits per heavy atom. The number of aryl methyl sites for hydroxylation is 1. The molecular weight excluding hydrogens is 381 g/mol. The molecule has 150 valence electrons. The van der Waals surface area contributed by atoms with Crippen molar-refractivity contribution >= 4 is 22.4 Å². The number of carbonyl (C=O) groups excluding carboxylic acids is 1. The number of fused-ring (bicyclic) bond motifs is 1. The Bertz CT molecular complexity index is 828. The first-order chi connectivity index (χ1) is 13.5. The molecule has 2 aliphatic rings. The SMILES string of the molecule is Nc1nc(CCC(=O)N2C[C@H]3C[C@@H](Oc4ccc(F)cc4)[C@H](O)C[C@H]3C2)cs1. The van der Waals surface area contributed by atoms with Crippen LogP contribution in [0, 0.1) is 17.7 Å². The van der Waals surface area contributed by atoms with E-state index in [0.29, 0.717) is 61.5 Å². The molecule has 2 aromatic rings. The first-order valence-corrected chi connectivity index (χ1v) is 10.4. The third-order valence-electron chi connectivity index (χ3n) is 5.70. The number of aliphatic hydroxyl groups excluding tert-OH is 1. The topological polar surface area (TPSA) is 88.7 Å². The minimum Gasteiger partial charge on any atom is -0.488 e. The number of amides is 1. The second kappa shape index (κ2) is 8.05. The number of ether oxygens (including phenoxy) is 1. The van der Waals surface area contributed by atoms with Crippen molar-refractivity contribution in [1.82, 2.24) is 9.88 Å². The van der Waals surface area contributed by atoms with Gasteiger partial charge in [0.05, 0.1) is 11.8 Å². The number of benzene rings is 1. The van der Waals surface area contributed by atoms with E-state index in [1.165, 1.54) is 23.5 Å². The summed E-state index contributed by atoms with van der Waals surface area (Å²) in [6.45, 7) is 1.38. The molecule has 2 fully saturated rings. The average molecular weight is 405 g/mol. The van der Waals surface area contributed by atoms with Crippen LogP contribution in [0.1, 0.15) is 25.0 Å². The van der Waals surface area contributed by atoms with Crippen LogP contribution < -0.4 is 10.5 Å². The van der Waals surface area contributed by atoms with Gasteiger partial charge in [-0.15, -0.1) is 11.3 Å². The molecule has 28 heavy (non-hydrogen) atoms. The van der Waals surface area contributed by atoms with E-state index in [1.807, 2.05) is 10.3 Å². The van der Waals surface area contributed by atoms with Gasteiger partial charge >= 0.3 is 0 Å². The first kappa shape index (κ1) is 19.1. The van der Waals surface area contributed by atoms with Crippen molar-refractivity contribution in [1.29, 1.82) is 0 Å². The molecule has 2 heterocycles. The summed E-state index contributed by atoms with van der Waals surface area (Å²) < 4.78 is 19.0. The Labute approximate surface area is 167 Å². The molecule has 1 aliphatic carbocycles. The molecule has 1 amide bonds. The number of likely N-dealkylation sites (tertiary alicyclic amines) is 1. The number of nitrogens with zero attached hydrogens (tertiary/aromatic N) is 2. The Morgan fingerprint density at radius 3 is 2.68 bits per heavy atom. The molecule has 1 aliphatic heterocycles. The van der Waals surface area contributed by atoms with Crippen molar-refractivity contribution in [2.24, 2.45) is 11.8 Å². The monoisotopic (exact) mass is 405 g/mol. The van der Waals surface area contributed by atoms with Crippen LogP contribution in [0.25, 0.3) is 0 Å². The van der Waals surface area contributed by atoms with Gasteiger partial charge in [0.25, 0.3) is 0 Å². The van der Waals surface area contributed by atoms with Crippen LogP contribution in [0.15, 0.2) is 29.6 Å². The Kier molecular flexibility index (Phi) is 5.50. The summed E-state index contributed by atoms with van der Waals surface area (Å²) in [5.41, 5.74) is 6.49. The third kappa shape index (κ3) is 4.28. The Hall–Kier alpha value is -2.19. The highest BCUT2D eigenvalue weighted by atomic mass is 32.1. The molecule has 6 nitrogen and oxygen atoms in total. The fraction of sp³-hybridized carbons (Fsp3) is 0.500. The molecule has 3 N–H and O–H groups in total. The second-order valence-corrected chi connectivity index (χ2v) is 8.53. The van der Waals surface area contributed by atoms with Crippen molar-refractivity contribution in [3.05, 3.63) is 41.2 Å². The van der Waals surface area contributed by atoms with Crippen LogP contribution >= 0.6 is 11.3 Å². The van der Waals surface area contributed by atoms with Gasteiger partial charge in [-0.3, -0.25) is 4.79 Å². The summed E-state index contributed by atoms with van der Waals surface area (Å²) in [6, 6.07) is 5.84. The number of anilines is 1. The lowest BCUT2D eigenvalue weighted by molar-refractivity contribution is -0.130. The molecule has 4 atom stereocenters. The molecule has 1 saturated carbocycles. The predicted octanol–water partition coefficient (Wildman–Crippen LogP) is 2.47. The van der Waals surface area contributed by atoms with Gasteiger partial charge in [-0.2, -0.15) is 0 Å². The predicted molar refractivity (Wildman–Crippen MR) is 104 cm³/mol. The minimum atomic E-state index is -0.584. The maximum absolute atomic E-state index is 13.1. The van der Waals surface area contributed by atoms with E-state index in [0.717, 1.165) is 5.69 Å². The maximum Gasteiger partial charge on any atom is 0.222 e. The highest BCUT2D eigenvalue weighted by Gasteiger charge is 2.43. The molecular formula is C20H24FN3O3S. The van der Waals surface area contributed by atoms with Crippen molar-refractivity contribution in [2.75, 3.05) is 18.8 Å². The highest BCUT2D eigenvalue weighted by Crippen LogP contribution is 2.38. The van der Waals surface area contributed by atoms with Gasteiger partial charge in [0.1, 0.15) is 17.7 Å². The van der Waals surface area contributed by atoms with Crippen molar-refractivity contribution in [3.8, 4) is 5.75 Å². The third-order valence-corrected chi connectivity index (χ3v) is 6.43. The van der Waals surface area contributed by atoms with Gasteiger partial charge in [-0.1, -0.05) is 0 Å². The number of hydrogen-bond donors (Lipinski definition) is 2. The molecule has 0 spiro atoms. The molecule has 0 unspecified atom stereocenters. The van der Waals surface area contributed by atoms with E-state index in [2.05, 4.69) is 4.98 Å². The lowest BCUT2D eigenvalue weighted by atomic mass is 9.78. The van der Waals surface area contributed by atoms with Crippen molar-refractivity contribution in [2.45, 2.75) is 37.9 Å². The lowest BCUT2D eigenvalue weighted by Crippen LogP contribution is -2.42. The largest absolute Gasteiger partial charge is 0.488 e. The summed E-state index contributed by atoms with van der Waals surface area (Å²) in [5, 5.41) is 12.9. The number of aromatic nitrogens is 1. The number of nitrogen functional groups attached to an aromatic ring is 1. The van der Waals surface area contributed by atoms with E-state index in [-0.39, 0.29) is 17.8 Å². The maximum atomic E-state index is 13.1. The quantitative estimate of drug-likeness (QED) is 0.798. The van der Waals surface area contributed by atoms with Crippen LogP contribution in [0.3, 0.4) is 0 Å². The highest BCUT2D eigenvalue weighted by molar-refractivity contribution is 7.13. The normalized spacial score (nSPS) is 26.9. The molecule has 1 saturated heterocycles. The van der Waals surface area contributed by atoms with E-state index >= 15 is 0 Å². The van der Waals surface area contributed by atoms with E-state index in [9.17, 15) is 14.3 Å². The van der Waals surface area contributed by atoms with Crippen molar-refractivity contribution < 1.29 is 19.0 Å². The molecule has 1 aromatic carbocycles. The summed E-state index contributed by atoms with van der Waals surface area (Å²) in [7, 11) is 0. The van der Waals surface area contributed by atoms with Crippen LogP contribution in [-0.4, -0.2) is 46.2 Å². The fourth-order valence-corrected chi connectivity index (χ4v) is 4.84. The number of halogens is 1. The second-order valence-electron chi connectivity index (χ2n) is 7.64. The summed E-state index contributed by atoms with van der Waals surface area (Å²) in [5.74, 6) is 0.959. The minimum absolute atomic E-state index is 0.117. The van der Waals surface area contributed by atoms with Gasteiger partial charge in [0, 0.05) is 24.9 Å². The zero-order chi connectivity index (χ0) is 19.7. The smallest absolute Gasteiger partial charge is 0.222 e. The molecule has 8 heteroatoms. The van der Waals surface area contributed by atoms with E-state index in [4.69, 9.17) is 10.5 Å². The zero-order valence-corrected chi connectivity index (χ0v) is 16.3. The van der Waals surface area contributed by atoms with E-state index in [1.54, 1.807) is 12.1 Å². The number of aliphatic hydroxyl groups is 1. The van der Waals surface area contributed by atoms with E-state index < -0.39 is 6.10 Å². The van der Waals surface area contributed by atoms with Crippen LogP contribution in [0.4, 0.5) is 9.52 Å². The number of nitrogens with two attached hydrogens (primary N) is 1. The van der Waals surface area contributed by atoms with Crippen LogP contribution in [-0.2, 0) is 11.2 Å². The van der Waals surface area contributed by atoms with Gasteiger partial charge in [0.15, 0.2) is 5.13 Å². The van der Waals surface area contributed by atoms with Gasteiger partial charge in [0.2, 0.25) is 5.91 Å². The van der Waals surface area contributed by atoms with Gasteiger partial charge in [-0.25, -0.2) is 9.37 Å².